The summed E-state index contributed by atoms with van der Waals surface area (Å²) in [5, 5.41) is 2.88. The molecule has 4 heterocycles. The van der Waals surface area contributed by atoms with Gasteiger partial charge in [-0.25, -0.2) is 4.98 Å². The zero-order chi connectivity index (χ0) is 23.8. The van der Waals surface area contributed by atoms with Gasteiger partial charge in [-0.3, -0.25) is 14.6 Å². The third-order valence-electron chi connectivity index (χ3n) is 7.17. The van der Waals surface area contributed by atoms with Gasteiger partial charge in [0.25, 0.3) is 0 Å². The van der Waals surface area contributed by atoms with Crippen LogP contribution in [0.2, 0.25) is 0 Å². The van der Waals surface area contributed by atoms with E-state index in [4.69, 9.17) is 9.72 Å². The van der Waals surface area contributed by atoms with Gasteiger partial charge in [0.1, 0.15) is 5.75 Å². The van der Waals surface area contributed by atoms with E-state index in [0.717, 1.165) is 84.9 Å². The predicted molar refractivity (Wildman–Crippen MR) is 136 cm³/mol. The number of piperazine rings is 1. The quantitative estimate of drug-likeness (QED) is 0.546. The molecule has 2 amide bonds. The second kappa shape index (κ2) is 9.45. The summed E-state index contributed by atoms with van der Waals surface area (Å²) < 4.78 is 7.20. The van der Waals surface area contributed by atoms with Crippen molar-refractivity contribution in [2.24, 2.45) is 11.8 Å². The number of hydrogen-bond acceptors (Lipinski definition) is 7. The van der Waals surface area contributed by atoms with E-state index < -0.39 is 0 Å². The van der Waals surface area contributed by atoms with E-state index in [1.807, 2.05) is 28.7 Å². The number of amides is 2. The summed E-state index contributed by atoms with van der Waals surface area (Å²) in [5.74, 6) is 1.91. The van der Waals surface area contributed by atoms with Crippen molar-refractivity contribution >= 4 is 39.1 Å². The molecular weight excluding hydrogens is 462 g/mol. The number of carbonyl (C=O) groups is 2. The van der Waals surface area contributed by atoms with E-state index in [1.54, 1.807) is 11.3 Å². The first-order valence-electron chi connectivity index (χ1n) is 12.4. The van der Waals surface area contributed by atoms with E-state index in [9.17, 15) is 9.59 Å². The number of thiazole rings is 1. The molecule has 1 aromatic carbocycles. The van der Waals surface area contributed by atoms with Crippen LogP contribution in [0.5, 0.6) is 5.75 Å². The van der Waals surface area contributed by atoms with Gasteiger partial charge in [0.15, 0.2) is 0 Å². The molecule has 35 heavy (non-hydrogen) atoms. The van der Waals surface area contributed by atoms with Crippen molar-refractivity contribution < 1.29 is 14.3 Å². The van der Waals surface area contributed by atoms with Crippen LogP contribution in [-0.2, 0) is 9.59 Å². The lowest BCUT2D eigenvalue weighted by molar-refractivity contribution is -0.132. The van der Waals surface area contributed by atoms with Gasteiger partial charge in [-0.1, -0.05) is 0 Å². The number of ether oxygens (including phenoxy) is 1. The van der Waals surface area contributed by atoms with Crippen LogP contribution in [0.1, 0.15) is 25.7 Å². The molecule has 0 bridgehead atoms. The molecule has 0 spiro atoms. The van der Waals surface area contributed by atoms with Crippen molar-refractivity contribution in [1.29, 1.82) is 0 Å². The molecule has 1 aliphatic carbocycles. The molecule has 2 aromatic heterocycles. The summed E-state index contributed by atoms with van der Waals surface area (Å²) in [7, 11) is 0. The van der Waals surface area contributed by atoms with Crippen LogP contribution < -0.4 is 15.0 Å². The van der Waals surface area contributed by atoms with Gasteiger partial charge in [0.2, 0.25) is 11.8 Å². The Morgan fingerprint density at radius 3 is 2.71 bits per heavy atom. The number of benzene rings is 1. The number of carbonyl (C=O) groups excluding carboxylic acids is 2. The lowest BCUT2D eigenvalue weighted by atomic mass is 10.1. The molecule has 0 radical (unpaired) electrons. The minimum atomic E-state index is 0.130. The molecule has 0 unspecified atom stereocenters. The molecule has 2 aliphatic heterocycles. The zero-order valence-corrected chi connectivity index (χ0v) is 20.4. The Balaban J connectivity index is 1.13. The number of aromatic nitrogens is 2. The number of pyridine rings is 1. The van der Waals surface area contributed by atoms with Crippen molar-refractivity contribution in [1.82, 2.24) is 20.2 Å². The maximum atomic E-state index is 12.3. The Kier molecular flexibility index (Phi) is 6.01. The topological polar surface area (TPSA) is 87.7 Å². The Morgan fingerprint density at radius 1 is 1.14 bits per heavy atom. The summed E-state index contributed by atoms with van der Waals surface area (Å²) in [6, 6.07) is 8.26. The van der Waals surface area contributed by atoms with Crippen LogP contribution in [0.4, 0.5) is 5.69 Å². The molecule has 182 valence electrons. The van der Waals surface area contributed by atoms with Gasteiger partial charge in [0.05, 0.1) is 39.9 Å². The Hall–Kier alpha value is -3.20. The van der Waals surface area contributed by atoms with Crippen molar-refractivity contribution in [2.45, 2.75) is 25.7 Å². The summed E-state index contributed by atoms with van der Waals surface area (Å²) in [6.45, 7) is 4.54. The second-order valence-corrected chi connectivity index (χ2v) is 10.5. The first kappa shape index (κ1) is 22.3. The molecule has 3 aliphatic rings. The average Bonchev–Trinajstić information content (AvgIpc) is 3.49. The molecule has 1 N–H and O–H groups in total. The van der Waals surface area contributed by atoms with Crippen molar-refractivity contribution in [3.63, 3.8) is 0 Å². The van der Waals surface area contributed by atoms with Gasteiger partial charge in [-0.15, -0.1) is 11.3 Å². The fourth-order valence-electron chi connectivity index (χ4n) is 4.91. The van der Waals surface area contributed by atoms with Gasteiger partial charge >= 0.3 is 0 Å². The molecule has 1 atom stereocenters. The zero-order valence-electron chi connectivity index (χ0n) is 19.6. The van der Waals surface area contributed by atoms with Crippen molar-refractivity contribution in [2.75, 3.05) is 44.2 Å². The smallest absolute Gasteiger partial charge is 0.225 e. The summed E-state index contributed by atoms with van der Waals surface area (Å²) in [5.41, 5.74) is 5.68. The number of hydrogen-bond donors (Lipinski definition) is 1. The largest absolute Gasteiger partial charge is 0.492 e. The van der Waals surface area contributed by atoms with Gasteiger partial charge in [-0.05, 0) is 49.4 Å². The lowest BCUT2D eigenvalue weighted by Crippen LogP contribution is -2.49. The molecular formula is C26H29N5O3S. The van der Waals surface area contributed by atoms with Crippen LogP contribution in [-0.4, -0.2) is 66.0 Å². The molecule has 2 saturated heterocycles. The first-order chi connectivity index (χ1) is 17.1. The lowest BCUT2D eigenvalue weighted by Gasteiger charge is -2.36. The third-order valence-corrected chi connectivity index (χ3v) is 8.03. The predicted octanol–water partition coefficient (Wildman–Crippen LogP) is 3.32. The van der Waals surface area contributed by atoms with Crippen molar-refractivity contribution in [3.8, 4) is 17.0 Å². The Labute approximate surface area is 208 Å². The van der Waals surface area contributed by atoms with Crippen LogP contribution in [0, 0.1) is 11.8 Å². The number of fused-ring (bicyclic) bond motifs is 1. The SMILES string of the molecule is O=C1C[C@@H](CCOc2cc(-c3ccc(N4CCN(C(=O)C5CC5)CC4)cn3)cc3ncsc23)CN1. The minimum Gasteiger partial charge on any atom is -0.492 e. The highest BCUT2D eigenvalue weighted by Gasteiger charge is 2.34. The van der Waals surface area contributed by atoms with E-state index in [1.165, 1.54) is 0 Å². The summed E-state index contributed by atoms with van der Waals surface area (Å²) in [4.78, 5) is 37.3. The van der Waals surface area contributed by atoms with E-state index >= 15 is 0 Å². The van der Waals surface area contributed by atoms with Crippen LogP contribution in [0.3, 0.4) is 0 Å². The molecule has 9 heteroatoms. The Bertz CT molecular complexity index is 1230. The maximum absolute atomic E-state index is 12.3. The third kappa shape index (κ3) is 4.82. The fourth-order valence-corrected chi connectivity index (χ4v) is 5.65. The highest BCUT2D eigenvalue weighted by molar-refractivity contribution is 7.17. The molecule has 3 aromatic rings. The standard InChI is InChI=1S/C26H29N5O3S/c32-24-11-17(14-28-24)5-10-34-23-13-19(12-22-25(23)35-16-29-22)21-4-3-20(15-27-21)30-6-8-31(9-7-30)26(33)18-1-2-18/h3-4,12-13,15-18H,1-2,5-11,14H2,(H,28,32)/t17-/m1/s1. The first-order valence-corrected chi connectivity index (χ1v) is 13.3. The normalized spacial score (nSPS) is 20.3. The summed E-state index contributed by atoms with van der Waals surface area (Å²) in [6.07, 6.45) is 5.46. The van der Waals surface area contributed by atoms with Crippen LogP contribution in [0.15, 0.2) is 36.0 Å². The second-order valence-electron chi connectivity index (χ2n) is 9.67. The van der Waals surface area contributed by atoms with Crippen LogP contribution in [0.25, 0.3) is 21.5 Å². The number of nitrogens with zero attached hydrogens (tertiary/aromatic N) is 4. The fraction of sp³-hybridized carbons (Fsp3) is 0.462. The average molecular weight is 492 g/mol. The van der Waals surface area contributed by atoms with Gasteiger partial charge in [-0.2, -0.15) is 0 Å². The van der Waals surface area contributed by atoms with E-state index in [0.29, 0.717) is 24.9 Å². The minimum absolute atomic E-state index is 0.130. The maximum Gasteiger partial charge on any atom is 0.225 e. The van der Waals surface area contributed by atoms with Crippen LogP contribution >= 0.6 is 11.3 Å². The number of nitrogens with one attached hydrogen (secondary N) is 1. The van der Waals surface area contributed by atoms with Gasteiger partial charge < -0.3 is 19.9 Å². The van der Waals surface area contributed by atoms with E-state index in [-0.39, 0.29) is 11.8 Å². The highest BCUT2D eigenvalue weighted by Crippen LogP contribution is 2.35. The highest BCUT2D eigenvalue weighted by atomic mass is 32.1. The monoisotopic (exact) mass is 491 g/mol. The molecule has 6 rings (SSSR count). The summed E-state index contributed by atoms with van der Waals surface area (Å²) >= 11 is 1.57. The van der Waals surface area contributed by atoms with Crippen molar-refractivity contribution in [3.05, 3.63) is 36.0 Å². The van der Waals surface area contributed by atoms with E-state index in [2.05, 4.69) is 27.3 Å². The number of anilines is 1. The Morgan fingerprint density at radius 2 is 2.00 bits per heavy atom. The molecule has 8 nitrogen and oxygen atoms in total. The molecule has 3 fully saturated rings. The molecule has 1 saturated carbocycles. The van der Waals surface area contributed by atoms with Gasteiger partial charge in [0, 0.05) is 50.6 Å². The number of rotatable bonds is 7.